The molecule has 1 fully saturated rings. The van der Waals surface area contributed by atoms with Crippen molar-refractivity contribution in [3.8, 4) is 0 Å². The molecule has 2 N–H and O–H groups in total. The highest BCUT2D eigenvalue weighted by Gasteiger charge is 2.24. The average Bonchev–Trinajstić information content (AvgIpc) is 2.12. The molecule has 1 heterocycles. The number of anilines is 1. The molecule has 0 bridgehead atoms. The first-order valence-corrected chi connectivity index (χ1v) is 3.57. The van der Waals surface area contributed by atoms with E-state index in [1.54, 1.807) is 0 Å². The Labute approximate surface area is 59.2 Å². The molecule has 1 saturated carbocycles. The number of nitrogens with zero attached hydrogens (tertiary/aromatic N) is 1. The maximum Gasteiger partial charge on any atom is 0.147 e. The van der Waals surface area contributed by atoms with Crippen LogP contribution in [0.1, 0.15) is 30.9 Å². The van der Waals surface area contributed by atoms with Gasteiger partial charge in [0.1, 0.15) is 12.0 Å². The van der Waals surface area contributed by atoms with Crippen molar-refractivity contribution in [2.45, 2.75) is 25.2 Å². The summed E-state index contributed by atoms with van der Waals surface area (Å²) >= 11 is 0. The van der Waals surface area contributed by atoms with Gasteiger partial charge in [0.2, 0.25) is 0 Å². The van der Waals surface area contributed by atoms with Crippen molar-refractivity contribution in [2.75, 3.05) is 5.73 Å². The number of nitrogens with two attached hydrogens (primary N) is 1. The van der Waals surface area contributed by atoms with Crippen LogP contribution in [0.4, 0.5) is 5.69 Å². The summed E-state index contributed by atoms with van der Waals surface area (Å²) in [6.07, 6.45) is 5.25. The van der Waals surface area contributed by atoms with Crippen LogP contribution in [0.25, 0.3) is 0 Å². The molecule has 0 unspecified atom stereocenters. The standard InChI is InChI=1S/C7H10N2O/c8-6-4-10-9-7(6)5-2-1-3-5/h4-5H,1-3,8H2. The van der Waals surface area contributed by atoms with Gasteiger partial charge in [-0.3, -0.25) is 0 Å². The molecule has 1 aliphatic carbocycles. The monoisotopic (exact) mass is 138 g/mol. The third-order valence-corrected chi connectivity index (χ3v) is 2.12. The van der Waals surface area contributed by atoms with Gasteiger partial charge >= 0.3 is 0 Å². The van der Waals surface area contributed by atoms with E-state index < -0.39 is 0 Å². The lowest BCUT2D eigenvalue weighted by Gasteiger charge is -2.22. The van der Waals surface area contributed by atoms with Crippen LogP contribution in [0, 0.1) is 0 Å². The van der Waals surface area contributed by atoms with E-state index in [0.717, 1.165) is 5.69 Å². The highest BCUT2D eigenvalue weighted by atomic mass is 16.5. The van der Waals surface area contributed by atoms with Crippen LogP contribution in [-0.4, -0.2) is 5.16 Å². The molecule has 0 aromatic carbocycles. The first-order valence-electron chi connectivity index (χ1n) is 3.57. The topological polar surface area (TPSA) is 52.0 Å². The van der Waals surface area contributed by atoms with E-state index in [1.165, 1.54) is 25.5 Å². The van der Waals surface area contributed by atoms with Gasteiger partial charge in [0.15, 0.2) is 0 Å². The predicted molar refractivity (Wildman–Crippen MR) is 37.5 cm³/mol. The number of nitrogen functional groups attached to an aromatic ring is 1. The maximum absolute atomic E-state index is 5.59. The molecular formula is C7H10N2O. The number of rotatable bonds is 1. The maximum atomic E-state index is 5.59. The minimum absolute atomic E-state index is 0.582. The van der Waals surface area contributed by atoms with Gasteiger partial charge in [-0.25, -0.2) is 0 Å². The van der Waals surface area contributed by atoms with Crippen LogP contribution in [0.5, 0.6) is 0 Å². The fraction of sp³-hybridized carbons (Fsp3) is 0.571. The van der Waals surface area contributed by atoms with Gasteiger partial charge in [-0.1, -0.05) is 11.6 Å². The summed E-state index contributed by atoms with van der Waals surface area (Å²) in [5, 5.41) is 3.84. The molecule has 2 rings (SSSR count). The fourth-order valence-electron chi connectivity index (χ4n) is 1.24. The van der Waals surface area contributed by atoms with Gasteiger partial charge in [0, 0.05) is 5.92 Å². The minimum atomic E-state index is 0.582. The molecule has 0 spiro atoms. The molecule has 0 saturated heterocycles. The van der Waals surface area contributed by atoms with Crippen LogP contribution in [0.3, 0.4) is 0 Å². The predicted octanol–water partition coefficient (Wildman–Crippen LogP) is 1.52. The largest absolute Gasteiger partial charge is 0.395 e. The molecule has 10 heavy (non-hydrogen) atoms. The number of hydrogen-bond acceptors (Lipinski definition) is 3. The van der Waals surface area contributed by atoms with E-state index in [0.29, 0.717) is 11.6 Å². The van der Waals surface area contributed by atoms with Crippen LogP contribution in [0.15, 0.2) is 10.8 Å². The summed E-state index contributed by atoms with van der Waals surface area (Å²) in [6.45, 7) is 0. The Morgan fingerprint density at radius 1 is 1.60 bits per heavy atom. The van der Waals surface area contributed by atoms with Crippen molar-refractivity contribution in [1.29, 1.82) is 0 Å². The lowest BCUT2D eigenvalue weighted by molar-refractivity contribution is 0.363. The molecule has 3 nitrogen and oxygen atoms in total. The summed E-state index contributed by atoms with van der Waals surface area (Å²) in [5.74, 6) is 0.582. The van der Waals surface area contributed by atoms with Gasteiger partial charge in [0.05, 0.1) is 5.69 Å². The van der Waals surface area contributed by atoms with E-state index >= 15 is 0 Å². The van der Waals surface area contributed by atoms with Crippen LogP contribution in [-0.2, 0) is 0 Å². The van der Waals surface area contributed by atoms with Crippen molar-refractivity contribution >= 4 is 5.69 Å². The van der Waals surface area contributed by atoms with Gasteiger partial charge in [-0.15, -0.1) is 0 Å². The zero-order valence-corrected chi connectivity index (χ0v) is 5.71. The zero-order chi connectivity index (χ0) is 6.97. The Morgan fingerprint density at radius 2 is 2.40 bits per heavy atom. The SMILES string of the molecule is Nc1conc1C1CCC1. The Hall–Kier alpha value is -0.990. The third kappa shape index (κ3) is 0.701. The summed E-state index contributed by atoms with van der Waals surface area (Å²) in [6, 6.07) is 0. The molecule has 54 valence electrons. The molecule has 0 atom stereocenters. The summed E-state index contributed by atoms with van der Waals surface area (Å²) in [7, 11) is 0. The highest BCUT2D eigenvalue weighted by molar-refractivity contribution is 5.41. The quantitative estimate of drug-likeness (QED) is 0.640. The van der Waals surface area contributed by atoms with E-state index in [4.69, 9.17) is 10.3 Å². The number of hydrogen-bond donors (Lipinski definition) is 1. The summed E-state index contributed by atoms with van der Waals surface area (Å²) < 4.78 is 4.73. The van der Waals surface area contributed by atoms with Gasteiger partial charge in [-0.05, 0) is 12.8 Å². The Balaban J connectivity index is 2.23. The molecular weight excluding hydrogens is 128 g/mol. The third-order valence-electron chi connectivity index (χ3n) is 2.12. The van der Waals surface area contributed by atoms with E-state index in [2.05, 4.69) is 5.16 Å². The Morgan fingerprint density at radius 3 is 2.80 bits per heavy atom. The Bertz CT molecular complexity index is 227. The fourth-order valence-corrected chi connectivity index (χ4v) is 1.24. The van der Waals surface area contributed by atoms with E-state index in [9.17, 15) is 0 Å². The first kappa shape index (κ1) is 5.77. The molecule has 0 radical (unpaired) electrons. The lowest BCUT2D eigenvalue weighted by Crippen LogP contribution is -2.10. The molecule has 1 aromatic heterocycles. The highest BCUT2D eigenvalue weighted by Crippen LogP contribution is 2.37. The minimum Gasteiger partial charge on any atom is -0.395 e. The Kier molecular flexibility index (Phi) is 1.16. The van der Waals surface area contributed by atoms with E-state index in [1.807, 2.05) is 0 Å². The van der Waals surface area contributed by atoms with Crippen LogP contribution in [0.2, 0.25) is 0 Å². The number of aromatic nitrogens is 1. The second-order valence-electron chi connectivity index (χ2n) is 2.78. The van der Waals surface area contributed by atoms with Crippen molar-refractivity contribution < 1.29 is 4.52 Å². The molecule has 0 amide bonds. The van der Waals surface area contributed by atoms with Crippen LogP contribution >= 0.6 is 0 Å². The molecule has 1 aromatic rings. The molecule has 1 aliphatic rings. The van der Waals surface area contributed by atoms with Crippen LogP contribution < -0.4 is 5.73 Å². The second kappa shape index (κ2) is 2.01. The van der Waals surface area contributed by atoms with Crippen molar-refractivity contribution in [1.82, 2.24) is 5.16 Å². The smallest absolute Gasteiger partial charge is 0.147 e. The zero-order valence-electron chi connectivity index (χ0n) is 5.71. The normalized spacial score (nSPS) is 18.8. The summed E-state index contributed by atoms with van der Waals surface area (Å²) in [4.78, 5) is 0. The molecule has 0 aliphatic heterocycles. The van der Waals surface area contributed by atoms with E-state index in [-0.39, 0.29) is 0 Å². The lowest BCUT2D eigenvalue weighted by atomic mass is 9.82. The van der Waals surface area contributed by atoms with Crippen molar-refractivity contribution in [3.63, 3.8) is 0 Å². The van der Waals surface area contributed by atoms with Crippen molar-refractivity contribution in [3.05, 3.63) is 12.0 Å². The van der Waals surface area contributed by atoms with Gasteiger partial charge in [-0.2, -0.15) is 0 Å². The van der Waals surface area contributed by atoms with Crippen molar-refractivity contribution in [2.24, 2.45) is 0 Å². The first-order chi connectivity index (χ1) is 4.88. The van der Waals surface area contributed by atoms with Gasteiger partial charge < -0.3 is 10.3 Å². The molecule has 3 heteroatoms. The van der Waals surface area contributed by atoms with Gasteiger partial charge in [0.25, 0.3) is 0 Å². The average molecular weight is 138 g/mol. The second-order valence-corrected chi connectivity index (χ2v) is 2.78. The summed E-state index contributed by atoms with van der Waals surface area (Å²) in [5.41, 5.74) is 7.27.